The van der Waals surface area contributed by atoms with Crippen LogP contribution in [0.1, 0.15) is 13.3 Å². The molecule has 0 saturated heterocycles. The topological polar surface area (TPSA) is 112 Å². The zero-order valence-electron chi connectivity index (χ0n) is 15.9. The maximum atomic E-state index is 13.9. The van der Waals surface area contributed by atoms with Gasteiger partial charge in [0, 0.05) is 21.6 Å². The van der Waals surface area contributed by atoms with Gasteiger partial charge in [0.25, 0.3) is 0 Å². The molecule has 0 spiro atoms. The Morgan fingerprint density at radius 3 is 2.57 bits per heavy atom. The molecule has 156 valence electrons. The molecule has 0 radical (unpaired) electrons. The van der Waals surface area contributed by atoms with Crippen molar-refractivity contribution in [2.45, 2.75) is 23.0 Å². The third kappa shape index (κ3) is 3.43. The van der Waals surface area contributed by atoms with E-state index >= 15 is 0 Å². The van der Waals surface area contributed by atoms with Gasteiger partial charge in [0.2, 0.25) is 20.0 Å². The quantitative estimate of drug-likeness (QED) is 0.580. The second-order valence-corrected chi connectivity index (χ2v) is 12.0. The van der Waals surface area contributed by atoms with Crippen molar-refractivity contribution < 1.29 is 16.8 Å². The molecule has 30 heavy (non-hydrogen) atoms. The average molecular weight is 508 g/mol. The lowest BCUT2D eigenvalue weighted by molar-refractivity contribution is 0.555. The number of rotatable bonds is 4. The van der Waals surface area contributed by atoms with E-state index in [1.165, 1.54) is 28.4 Å². The van der Waals surface area contributed by atoms with Crippen molar-refractivity contribution in [2.75, 3.05) is 0 Å². The first kappa shape index (κ1) is 21.0. The number of nitrogens with two attached hydrogens (primary N) is 1. The van der Waals surface area contributed by atoms with Crippen LogP contribution in [0.5, 0.6) is 0 Å². The molecule has 1 atom stereocenters. The highest BCUT2D eigenvalue weighted by molar-refractivity contribution is 9.11. The van der Waals surface area contributed by atoms with E-state index in [1.54, 1.807) is 49.4 Å². The molecular formula is C20H18BrN3O4S2. The highest BCUT2D eigenvalue weighted by atomic mass is 79.9. The predicted molar refractivity (Wildman–Crippen MR) is 120 cm³/mol. The molecule has 0 fully saturated rings. The molecule has 0 amide bonds. The summed E-state index contributed by atoms with van der Waals surface area (Å²) in [4.78, 5) is 4.20. The maximum absolute atomic E-state index is 13.9. The minimum atomic E-state index is -3.97. The smallest absolute Gasteiger partial charge is 0.237 e. The van der Waals surface area contributed by atoms with Crippen molar-refractivity contribution in [1.29, 1.82) is 0 Å². The van der Waals surface area contributed by atoms with Crippen LogP contribution in [0.15, 0.2) is 76.3 Å². The Bertz CT molecular complexity index is 1440. The SMILES string of the molecule is CC1(S(=O)(=O)n2c(-c3cccc(S(N)(=O)=O)c3)cc3cccnc32)C=CC(Br)=CC1. The van der Waals surface area contributed by atoms with Crippen molar-refractivity contribution in [3.8, 4) is 11.3 Å². The number of hydrogen-bond donors (Lipinski definition) is 1. The van der Waals surface area contributed by atoms with Gasteiger partial charge in [-0.15, -0.1) is 0 Å². The fourth-order valence-corrected chi connectivity index (χ4v) is 5.98. The number of primary sulfonamides is 1. The Hall–Kier alpha value is -2.27. The summed E-state index contributed by atoms with van der Waals surface area (Å²) < 4.78 is 52.1. The highest BCUT2D eigenvalue weighted by Gasteiger charge is 2.41. The first-order valence-electron chi connectivity index (χ1n) is 8.93. The summed E-state index contributed by atoms with van der Waals surface area (Å²) in [5, 5.41) is 5.89. The lowest BCUT2D eigenvalue weighted by Gasteiger charge is -2.28. The van der Waals surface area contributed by atoms with E-state index < -0.39 is 24.8 Å². The fourth-order valence-electron chi connectivity index (χ4n) is 3.38. The van der Waals surface area contributed by atoms with Crippen LogP contribution in [-0.4, -0.2) is 30.5 Å². The number of pyridine rings is 1. The molecule has 2 aromatic heterocycles. The van der Waals surface area contributed by atoms with Gasteiger partial charge in [0.1, 0.15) is 4.75 Å². The maximum Gasteiger partial charge on any atom is 0.250 e. The minimum absolute atomic E-state index is 0.0993. The van der Waals surface area contributed by atoms with Crippen LogP contribution in [0.4, 0.5) is 0 Å². The van der Waals surface area contributed by atoms with Crippen LogP contribution >= 0.6 is 15.9 Å². The summed E-state index contributed by atoms with van der Waals surface area (Å²) in [7, 11) is -7.92. The molecule has 0 aliphatic heterocycles. The van der Waals surface area contributed by atoms with Crippen molar-refractivity contribution in [3.63, 3.8) is 0 Å². The summed E-state index contributed by atoms with van der Waals surface area (Å²) in [6.45, 7) is 1.65. The Balaban J connectivity index is 2.01. The zero-order chi connectivity index (χ0) is 21.7. The second kappa shape index (κ2) is 7.16. The normalized spacial score (nSPS) is 19.8. The zero-order valence-corrected chi connectivity index (χ0v) is 19.1. The lowest BCUT2D eigenvalue weighted by Crippen LogP contribution is -2.38. The average Bonchev–Trinajstić information content (AvgIpc) is 3.10. The van der Waals surface area contributed by atoms with E-state index in [-0.39, 0.29) is 17.0 Å². The molecule has 10 heteroatoms. The summed E-state index contributed by atoms with van der Waals surface area (Å²) in [5.74, 6) is 0. The van der Waals surface area contributed by atoms with Crippen LogP contribution < -0.4 is 5.14 Å². The Kier molecular flexibility index (Phi) is 5.00. The number of allylic oxidation sites excluding steroid dienone is 3. The number of aromatic nitrogens is 2. The summed E-state index contributed by atoms with van der Waals surface area (Å²) >= 11 is 3.36. The van der Waals surface area contributed by atoms with Crippen LogP contribution in [0.25, 0.3) is 22.3 Å². The molecule has 7 nitrogen and oxygen atoms in total. The van der Waals surface area contributed by atoms with Gasteiger partial charge in [-0.3, -0.25) is 0 Å². The molecular weight excluding hydrogens is 490 g/mol. The molecule has 2 heterocycles. The number of benzene rings is 1. The molecule has 1 aliphatic carbocycles. The van der Waals surface area contributed by atoms with Crippen LogP contribution in [0, 0.1) is 0 Å². The molecule has 1 aliphatic rings. The van der Waals surface area contributed by atoms with Gasteiger partial charge in [-0.2, -0.15) is 0 Å². The standard InChI is InChI=1S/C20H18BrN3O4S2/c1-20(9-7-16(21)8-10-20)30(27,28)24-18(13-15-5-3-11-23-19(15)24)14-4-2-6-17(12-14)29(22,25)26/h2-9,11-13H,10H2,1H3,(H2,22,25,26). The largest absolute Gasteiger partial charge is 0.250 e. The molecule has 1 unspecified atom stereocenters. The molecule has 2 N–H and O–H groups in total. The summed E-state index contributed by atoms with van der Waals surface area (Å²) in [5.41, 5.74) is 0.998. The summed E-state index contributed by atoms with van der Waals surface area (Å²) in [6, 6.07) is 11.1. The predicted octanol–water partition coefficient (Wildman–Crippen LogP) is 3.53. The Morgan fingerprint density at radius 1 is 1.13 bits per heavy atom. The van der Waals surface area contributed by atoms with Gasteiger partial charge in [0.15, 0.2) is 5.65 Å². The lowest BCUT2D eigenvalue weighted by atomic mass is 10.0. The van der Waals surface area contributed by atoms with Gasteiger partial charge in [-0.05, 0) is 43.7 Å². The highest BCUT2D eigenvalue weighted by Crippen LogP contribution is 2.37. The molecule has 4 rings (SSSR count). The van der Waals surface area contributed by atoms with Crippen molar-refractivity contribution in [2.24, 2.45) is 5.14 Å². The first-order valence-corrected chi connectivity index (χ1v) is 12.7. The van der Waals surface area contributed by atoms with Crippen molar-refractivity contribution >= 4 is 47.0 Å². The molecule has 3 aromatic rings. The Morgan fingerprint density at radius 2 is 1.90 bits per heavy atom. The van der Waals surface area contributed by atoms with E-state index in [9.17, 15) is 16.8 Å². The van der Waals surface area contributed by atoms with E-state index in [1.807, 2.05) is 0 Å². The van der Waals surface area contributed by atoms with Gasteiger partial charge < -0.3 is 0 Å². The van der Waals surface area contributed by atoms with E-state index in [4.69, 9.17) is 5.14 Å². The third-order valence-corrected chi connectivity index (χ3v) is 8.94. The Labute approximate surface area is 183 Å². The fraction of sp³-hybridized carbons (Fsp3) is 0.150. The number of fused-ring (bicyclic) bond motifs is 1. The van der Waals surface area contributed by atoms with Gasteiger partial charge >= 0.3 is 0 Å². The van der Waals surface area contributed by atoms with E-state index in [0.29, 0.717) is 16.6 Å². The molecule has 0 saturated carbocycles. The number of sulfonamides is 1. The van der Waals surface area contributed by atoms with Gasteiger partial charge in [-0.1, -0.05) is 46.3 Å². The molecule has 0 bridgehead atoms. The molecule has 1 aromatic carbocycles. The summed E-state index contributed by atoms with van der Waals surface area (Å²) in [6.07, 6.45) is 6.95. The third-order valence-electron chi connectivity index (χ3n) is 5.11. The number of nitrogens with zero attached hydrogens (tertiary/aromatic N) is 2. The van der Waals surface area contributed by atoms with Crippen molar-refractivity contribution in [1.82, 2.24) is 8.96 Å². The van der Waals surface area contributed by atoms with Crippen LogP contribution in [0.3, 0.4) is 0 Å². The minimum Gasteiger partial charge on any atom is -0.237 e. The van der Waals surface area contributed by atoms with Crippen LogP contribution in [-0.2, 0) is 20.0 Å². The monoisotopic (exact) mass is 507 g/mol. The van der Waals surface area contributed by atoms with Crippen molar-refractivity contribution in [3.05, 3.63) is 71.4 Å². The van der Waals surface area contributed by atoms with E-state index in [2.05, 4.69) is 20.9 Å². The first-order chi connectivity index (χ1) is 14.0. The second-order valence-electron chi connectivity index (χ2n) is 7.23. The number of hydrogen-bond acceptors (Lipinski definition) is 5. The number of halogens is 1. The van der Waals surface area contributed by atoms with E-state index in [0.717, 1.165) is 4.48 Å². The van der Waals surface area contributed by atoms with Gasteiger partial charge in [0.05, 0.1) is 10.6 Å². The van der Waals surface area contributed by atoms with Gasteiger partial charge in [-0.25, -0.2) is 30.9 Å². The van der Waals surface area contributed by atoms with Crippen LogP contribution in [0.2, 0.25) is 0 Å².